The summed E-state index contributed by atoms with van der Waals surface area (Å²) in [5.41, 5.74) is 6.13. The van der Waals surface area contributed by atoms with Gasteiger partial charge < -0.3 is 10.3 Å². The number of aryl methyl sites for hydroxylation is 1. The fourth-order valence-electron chi connectivity index (χ4n) is 1.36. The predicted octanol–water partition coefficient (Wildman–Crippen LogP) is 2.67. The zero-order chi connectivity index (χ0) is 14.2. The van der Waals surface area contributed by atoms with Gasteiger partial charge >= 0.3 is 0 Å². The Morgan fingerprint density at radius 3 is 2.63 bits per heavy atom. The first-order valence-corrected chi connectivity index (χ1v) is 7.25. The average Bonchev–Trinajstić information content (AvgIpc) is 2.70. The summed E-state index contributed by atoms with van der Waals surface area (Å²) in [5, 5.41) is 3.61. The first-order valence-electron chi connectivity index (χ1n) is 5.01. The molecule has 0 bridgehead atoms. The molecule has 9 heteroatoms. The molecule has 1 heterocycles. The molecule has 0 aliphatic carbocycles. The highest BCUT2D eigenvalue weighted by atomic mass is 35.5. The van der Waals surface area contributed by atoms with Gasteiger partial charge in [0.15, 0.2) is 0 Å². The first-order chi connectivity index (χ1) is 8.81. The van der Waals surface area contributed by atoms with Crippen molar-refractivity contribution in [3.05, 3.63) is 33.9 Å². The molecule has 0 saturated heterocycles. The minimum atomic E-state index is -3.92. The molecule has 1 aromatic carbocycles. The largest absolute Gasteiger partial charge is 0.396 e. The molecule has 1 aromatic heterocycles. The van der Waals surface area contributed by atoms with Crippen LogP contribution in [0.15, 0.2) is 27.6 Å². The van der Waals surface area contributed by atoms with E-state index >= 15 is 0 Å². The van der Waals surface area contributed by atoms with Crippen molar-refractivity contribution in [2.24, 2.45) is 0 Å². The van der Waals surface area contributed by atoms with E-state index < -0.39 is 10.0 Å². The molecule has 0 atom stereocenters. The fraction of sp³-hybridized carbons (Fsp3) is 0.100. The lowest BCUT2D eigenvalue weighted by Gasteiger charge is -2.09. The molecule has 2 aromatic rings. The maximum atomic E-state index is 12.1. The van der Waals surface area contributed by atoms with Crippen LogP contribution in [0.2, 0.25) is 10.0 Å². The van der Waals surface area contributed by atoms with Crippen LogP contribution in [-0.2, 0) is 10.0 Å². The monoisotopic (exact) mass is 321 g/mol. The zero-order valence-corrected chi connectivity index (χ0v) is 12.0. The van der Waals surface area contributed by atoms with Gasteiger partial charge in [-0.15, -0.1) is 0 Å². The fourth-order valence-corrected chi connectivity index (χ4v) is 3.10. The summed E-state index contributed by atoms with van der Waals surface area (Å²) in [6.45, 7) is 1.66. The Balaban J connectivity index is 2.43. The van der Waals surface area contributed by atoms with Gasteiger partial charge in [-0.2, -0.15) is 0 Å². The van der Waals surface area contributed by atoms with E-state index in [1.165, 1.54) is 18.2 Å². The van der Waals surface area contributed by atoms with E-state index in [9.17, 15) is 8.42 Å². The Morgan fingerprint density at radius 2 is 2.05 bits per heavy atom. The summed E-state index contributed by atoms with van der Waals surface area (Å²) in [6, 6.07) is 4.04. The molecule has 0 amide bonds. The van der Waals surface area contributed by atoms with Gasteiger partial charge in [0.2, 0.25) is 5.88 Å². The third-order valence-corrected chi connectivity index (χ3v) is 4.48. The number of nitrogen functional groups attached to an aromatic ring is 1. The van der Waals surface area contributed by atoms with Crippen LogP contribution in [0.3, 0.4) is 0 Å². The second-order valence-electron chi connectivity index (χ2n) is 3.71. The van der Waals surface area contributed by atoms with Crippen molar-refractivity contribution < 1.29 is 12.9 Å². The van der Waals surface area contributed by atoms with Gasteiger partial charge in [0, 0.05) is 6.07 Å². The number of sulfonamides is 1. The number of nitrogens with zero attached hydrogens (tertiary/aromatic N) is 1. The molecule has 6 nitrogen and oxygen atoms in total. The first kappa shape index (κ1) is 14.0. The topological polar surface area (TPSA) is 98.2 Å². The van der Waals surface area contributed by atoms with Crippen molar-refractivity contribution in [2.75, 3.05) is 10.5 Å². The van der Waals surface area contributed by atoms with E-state index in [2.05, 4.69) is 9.88 Å². The Kier molecular flexibility index (Phi) is 3.62. The second-order valence-corrected chi connectivity index (χ2v) is 6.15. The quantitative estimate of drug-likeness (QED) is 0.847. The molecule has 0 spiro atoms. The molecule has 0 unspecified atom stereocenters. The number of rotatable bonds is 3. The maximum absolute atomic E-state index is 12.1. The van der Waals surface area contributed by atoms with Gasteiger partial charge in [0.05, 0.1) is 21.4 Å². The predicted molar refractivity (Wildman–Crippen MR) is 72.9 cm³/mol. The molecule has 19 heavy (non-hydrogen) atoms. The van der Waals surface area contributed by atoms with Gasteiger partial charge in [-0.25, -0.2) is 13.1 Å². The second kappa shape index (κ2) is 4.92. The molecule has 102 valence electrons. The number of hydrogen-bond donors (Lipinski definition) is 2. The molecule has 0 fully saturated rings. The SMILES string of the molecule is Cc1cc(NS(=O)(=O)c2ccc(Cl)c(N)c2Cl)on1. The Labute approximate surface area is 119 Å². The minimum absolute atomic E-state index is 0.0000382. The van der Waals surface area contributed by atoms with Crippen LogP contribution in [0.4, 0.5) is 11.6 Å². The standard InChI is InChI=1S/C10H9Cl2N3O3S/c1-5-4-8(18-14-5)15-19(16,17)7-3-2-6(11)10(13)9(7)12/h2-4,15H,13H2,1H3. The Hall–Kier alpha value is -1.44. The van der Waals surface area contributed by atoms with Crippen LogP contribution in [0.25, 0.3) is 0 Å². The highest BCUT2D eigenvalue weighted by molar-refractivity contribution is 7.92. The molecule has 0 radical (unpaired) electrons. The van der Waals surface area contributed by atoms with Crippen LogP contribution in [0.1, 0.15) is 5.69 Å². The molecule has 0 aliphatic heterocycles. The summed E-state index contributed by atoms with van der Waals surface area (Å²) in [5.74, 6) is -0.0120. The van der Waals surface area contributed by atoms with Gasteiger partial charge in [-0.3, -0.25) is 0 Å². The normalized spacial score (nSPS) is 11.5. The molecular formula is C10H9Cl2N3O3S. The number of halogens is 2. The van der Waals surface area contributed by atoms with Crippen molar-refractivity contribution >= 4 is 44.8 Å². The maximum Gasteiger partial charge on any atom is 0.265 e. The summed E-state index contributed by atoms with van der Waals surface area (Å²) in [7, 11) is -3.92. The Morgan fingerprint density at radius 1 is 1.37 bits per heavy atom. The van der Waals surface area contributed by atoms with Crippen molar-refractivity contribution in [3.63, 3.8) is 0 Å². The summed E-state index contributed by atoms with van der Waals surface area (Å²) < 4.78 is 31.2. The number of nitrogens with one attached hydrogen (secondary N) is 1. The molecule has 2 rings (SSSR count). The van der Waals surface area contributed by atoms with E-state index in [1.807, 2.05) is 0 Å². The van der Waals surface area contributed by atoms with Gasteiger partial charge in [-0.05, 0) is 19.1 Å². The van der Waals surface area contributed by atoms with Crippen molar-refractivity contribution in [3.8, 4) is 0 Å². The average molecular weight is 322 g/mol. The summed E-state index contributed by atoms with van der Waals surface area (Å²) >= 11 is 11.6. The minimum Gasteiger partial charge on any atom is -0.396 e. The third kappa shape index (κ3) is 2.78. The smallest absolute Gasteiger partial charge is 0.265 e. The highest BCUT2D eigenvalue weighted by Gasteiger charge is 2.22. The van der Waals surface area contributed by atoms with Crippen LogP contribution < -0.4 is 10.5 Å². The van der Waals surface area contributed by atoms with E-state index in [4.69, 9.17) is 33.5 Å². The van der Waals surface area contributed by atoms with Crippen LogP contribution >= 0.6 is 23.2 Å². The lowest BCUT2D eigenvalue weighted by molar-refractivity contribution is 0.430. The lowest BCUT2D eigenvalue weighted by Crippen LogP contribution is -2.13. The number of anilines is 2. The van der Waals surface area contributed by atoms with Crippen LogP contribution in [-0.4, -0.2) is 13.6 Å². The number of nitrogens with two attached hydrogens (primary N) is 1. The molecule has 0 saturated carbocycles. The van der Waals surface area contributed by atoms with Crippen molar-refractivity contribution in [1.29, 1.82) is 0 Å². The summed E-state index contributed by atoms with van der Waals surface area (Å²) in [4.78, 5) is -0.190. The van der Waals surface area contributed by atoms with Crippen LogP contribution in [0, 0.1) is 6.92 Å². The van der Waals surface area contributed by atoms with Crippen LogP contribution in [0.5, 0.6) is 0 Å². The Bertz CT molecular complexity index is 728. The number of hydrogen-bond acceptors (Lipinski definition) is 5. The molecular weight excluding hydrogens is 313 g/mol. The van der Waals surface area contributed by atoms with Gasteiger partial charge in [-0.1, -0.05) is 28.4 Å². The number of aromatic nitrogens is 1. The summed E-state index contributed by atoms with van der Waals surface area (Å²) in [6.07, 6.45) is 0. The van der Waals surface area contributed by atoms with Crippen molar-refractivity contribution in [1.82, 2.24) is 5.16 Å². The van der Waals surface area contributed by atoms with E-state index in [0.29, 0.717) is 5.69 Å². The zero-order valence-electron chi connectivity index (χ0n) is 9.65. The molecule has 0 aliphatic rings. The van der Waals surface area contributed by atoms with Gasteiger partial charge in [0.1, 0.15) is 4.90 Å². The van der Waals surface area contributed by atoms with Gasteiger partial charge in [0.25, 0.3) is 10.0 Å². The highest BCUT2D eigenvalue weighted by Crippen LogP contribution is 2.33. The molecule has 3 N–H and O–H groups in total. The van der Waals surface area contributed by atoms with E-state index in [0.717, 1.165) is 0 Å². The van der Waals surface area contributed by atoms with E-state index in [1.54, 1.807) is 6.92 Å². The van der Waals surface area contributed by atoms with E-state index in [-0.39, 0.29) is 26.5 Å². The number of benzene rings is 1. The third-order valence-electron chi connectivity index (χ3n) is 2.24. The lowest BCUT2D eigenvalue weighted by atomic mass is 10.3. The van der Waals surface area contributed by atoms with Crippen molar-refractivity contribution in [2.45, 2.75) is 11.8 Å².